The molecule has 1 saturated carbocycles. The highest BCUT2D eigenvalue weighted by Gasteiger charge is 2.41. The molecule has 0 bridgehead atoms. The number of halogens is 2. The smallest absolute Gasteiger partial charge is 0.404 e. The number of hydrogen-bond acceptors (Lipinski definition) is 3. The lowest BCUT2D eigenvalue weighted by molar-refractivity contribution is -0.145. The van der Waals surface area contributed by atoms with E-state index in [1.165, 1.54) is 12.1 Å². The molecule has 7 nitrogen and oxygen atoms in total. The topological polar surface area (TPSA) is 89.9 Å². The van der Waals surface area contributed by atoms with Gasteiger partial charge in [-0.05, 0) is 43.4 Å². The van der Waals surface area contributed by atoms with Gasteiger partial charge in [0.1, 0.15) is 12.0 Å². The number of likely N-dealkylation sites (tertiary alicyclic amines) is 2. The Labute approximate surface area is 185 Å². The second-order valence-corrected chi connectivity index (χ2v) is 9.21. The molecule has 1 aromatic rings. The molecular formula is C23H29F2N3O4. The van der Waals surface area contributed by atoms with Crippen molar-refractivity contribution in [3.8, 4) is 0 Å². The lowest BCUT2D eigenvalue weighted by atomic mass is 9.82. The third-order valence-electron chi connectivity index (χ3n) is 7.15. The van der Waals surface area contributed by atoms with Crippen molar-refractivity contribution in [2.24, 2.45) is 17.8 Å². The summed E-state index contributed by atoms with van der Waals surface area (Å²) >= 11 is 0. The second-order valence-electron chi connectivity index (χ2n) is 9.21. The van der Waals surface area contributed by atoms with Gasteiger partial charge < -0.3 is 20.2 Å². The summed E-state index contributed by atoms with van der Waals surface area (Å²) < 4.78 is 26.4. The van der Waals surface area contributed by atoms with E-state index in [2.05, 4.69) is 5.32 Å². The van der Waals surface area contributed by atoms with E-state index in [1.807, 2.05) is 0 Å². The summed E-state index contributed by atoms with van der Waals surface area (Å²) in [7, 11) is 0. The highest BCUT2D eigenvalue weighted by atomic mass is 19.1. The highest BCUT2D eigenvalue weighted by Crippen LogP contribution is 2.36. The van der Waals surface area contributed by atoms with Gasteiger partial charge in [-0.25, -0.2) is 13.6 Å². The van der Waals surface area contributed by atoms with E-state index in [9.17, 15) is 23.2 Å². The van der Waals surface area contributed by atoms with Crippen molar-refractivity contribution in [3.05, 3.63) is 35.6 Å². The van der Waals surface area contributed by atoms with E-state index in [0.29, 0.717) is 51.9 Å². The molecule has 4 rings (SSSR count). The maximum Gasteiger partial charge on any atom is 0.404 e. The SMILES string of the molecule is O=C(O)NC[C@H]1CN(C(=O)C2CCN(C(=O)C3CC(F)C3)CC2)C[C@H]1c1ccc(F)cc1. The van der Waals surface area contributed by atoms with Crippen LogP contribution < -0.4 is 5.32 Å². The van der Waals surface area contributed by atoms with Crippen LogP contribution in [0.4, 0.5) is 13.6 Å². The average Bonchev–Trinajstić information content (AvgIpc) is 3.19. The number of nitrogens with one attached hydrogen (secondary N) is 1. The predicted molar refractivity (Wildman–Crippen MR) is 112 cm³/mol. The predicted octanol–water partition coefficient (Wildman–Crippen LogP) is 2.62. The second kappa shape index (κ2) is 9.42. The van der Waals surface area contributed by atoms with E-state index in [1.54, 1.807) is 21.9 Å². The van der Waals surface area contributed by atoms with Gasteiger partial charge >= 0.3 is 6.09 Å². The molecule has 3 amide bonds. The summed E-state index contributed by atoms with van der Waals surface area (Å²) in [6.07, 6.45) is -0.214. The Morgan fingerprint density at radius 3 is 2.19 bits per heavy atom. The zero-order chi connectivity index (χ0) is 22.8. The Balaban J connectivity index is 1.36. The molecule has 9 heteroatoms. The number of piperidine rings is 1. The van der Waals surface area contributed by atoms with E-state index in [-0.39, 0.29) is 47.8 Å². The molecule has 0 unspecified atom stereocenters. The van der Waals surface area contributed by atoms with Gasteiger partial charge in [0.2, 0.25) is 11.8 Å². The van der Waals surface area contributed by atoms with Gasteiger partial charge in [0.25, 0.3) is 0 Å². The zero-order valence-electron chi connectivity index (χ0n) is 17.9. The Morgan fingerprint density at radius 1 is 0.969 bits per heavy atom. The summed E-state index contributed by atoms with van der Waals surface area (Å²) in [6, 6.07) is 6.13. The summed E-state index contributed by atoms with van der Waals surface area (Å²) in [5, 5.41) is 11.4. The average molecular weight is 449 g/mol. The molecule has 0 spiro atoms. The first-order valence-corrected chi connectivity index (χ1v) is 11.3. The van der Waals surface area contributed by atoms with Crippen LogP contribution in [0, 0.1) is 23.6 Å². The van der Waals surface area contributed by atoms with Gasteiger partial charge in [-0.15, -0.1) is 0 Å². The van der Waals surface area contributed by atoms with Gasteiger partial charge in [0, 0.05) is 56.4 Å². The third-order valence-corrected chi connectivity index (χ3v) is 7.15. The first-order chi connectivity index (χ1) is 15.3. The number of carbonyl (C=O) groups is 3. The highest BCUT2D eigenvalue weighted by molar-refractivity contribution is 5.82. The van der Waals surface area contributed by atoms with Crippen molar-refractivity contribution >= 4 is 17.9 Å². The Kier molecular flexibility index (Phi) is 6.62. The molecule has 32 heavy (non-hydrogen) atoms. The largest absolute Gasteiger partial charge is 0.465 e. The molecule has 174 valence electrons. The van der Waals surface area contributed by atoms with E-state index in [4.69, 9.17) is 5.11 Å². The molecule has 2 atom stereocenters. The Morgan fingerprint density at radius 2 is 1.59 bits per heavy atom. The van der Waals surface area contributed by atoms with Crippen molar-refractivity contribution in [1.29, 1.82) is 0 Å². The minimum absolute atomic E-state index is 0.00199. The van der Waals surface area contributed by atoms with E-state index >= 15 is 0 Å². The van der Waals surface area contributed by atoms with Crippen LogP contribution in [0.3, 0.4) is 0 Å². The van der Waals surface area contributed by atoms with Gasteiger partial charge in [-0.1, -0.05) is 12.1 Å². The molecular weight excluding hydrogens is 420 g/mol. The lowest BCUT2D eigenvalue weighted by Crippen LogP contribution is -2.48. The lowest BCUT2D eigenvalue weighted by Gasteiger charge is -2.38. The van der Waals surface area contributed by atoms with Crippen LogP contribution in [0.25, 0.3) is 0 Å². The number of rotatable bonds is 5. The molecule has 1 aromatic carbocycles. The maximum atomic E-state index is 13.4. The molecule has 3 aliphatic rings. The fraction of sp³-hybridized carbons (Fsp3) is 0.609. The normalized spacial score (nSPS) is 28.3. The monoisotopic (exact) mass is 449 g/mol. The first kappa shape index (κ1) is 22.5. The van der Waals surface area contributed by atoms with Gasteiger partial charge in [0.15, 0.2) is 0 Å². The van der Waals surface area contributed by atoms with Crippen LogP contribution in [0.1, 0.15) is 37.2 Å². The fourth-order valence-electron chi connectivity index (χ4n) is 5.18. The first-order valence-electron chi connectivity index (χ1n) is 11.3. The molecule has 2 N–H and O–H groups in total. The van der Waals surface area contributed by atoms with Crippen molar-refractivity contribution in [3.63, 3.8) is 0 Å². The van der Waals surface area contributed by atoms with Crippen molar-refractivity contribution in [2.75, 3.05) is 32.7 Å². The number of nitrogens with zero attached hydrogens (tertiary/aromatic N) is 2. The number of hydrogen-bond donors (Lipinski definition) is 2. The van der Waals surface area contributed by atoms with Gasteiger partial charge in [-0.3, -0.25) is 9.59 Å². The molecule has 0 aromatic heterocycles. The van der Waals surface area contributed by atoms with Crippen LogP contribution in [0.2, 0.25) is 0 Å². The van der Waals surface area contributed by atoms with Crippen LogP contribution in [0.15, 0.2) is 24.3 Å². The summed E-state index contributed by atoms with van der Waals surface area (Å²) in [4.78, 5) is 40.2. The number of carboxylic acid groups (broad SMARTS) is 1. The fourth-order valence-corrected chi connectivity index (χ4v) is 5.18. The van der Waals surface area contributed by atoms with Crippen LogP contribution in [-0.4, -0.2) is 71.7 Å². The van der Waals surface area contributed by atoms with Crippen LogP contribution >= 0.6 is 0 Å². The Bertz CT molecular complexity index is 851. The zero-order valence-corrected chi connectivity index (χ0v) is 17.9. The van der Waals surface area contributed by atoms with Gasteiger partial charge in [-0.2, -0.15) is 0 Å². The van der Waals surface area contributed by atoms with Crippen LogP contribution in [0.5, 0.6) is 0 Å². The molecule has 2 aliphatic heterocycles. The molecule has 1 aliphatic carbocycles. The number of amides is 3. The van der Waals surface area contributed by atoms with Crippen LogP contribution in [-0.2, 0) is 9.59 Å². The molecule has 0 radical (unpaired) electrons. The Hall–Kier alpha value is -2.71. The summed E-state index contributed by atoms with van der Waals surface area (Å²) in [5.74, 6) is -0.902. The summed E-state index contributed by atoms with van der Waals surface area (Å²) in [6.45, 7) is 2.10. The van der Waals surface area contributed by atoms with Crippen molar-refractivity contribution in [2.45, 2.75) is 37.8 Å². The third kappa shape index (κ3) is 4.86. The molecule has 3 fully saturated rings. The quantitative estimate of drug-likeness (QED) is 0.723. The molecule has 2 saturated heterocycles. The number of carbonyl (C=O) groups excluding carboxylic acids is 2. The minimum Gasteiger partial charge on any atom is -0.465 e. The van der Waals surface area contributed by atoms with Crippen molar-refractivity contribution in [1.82, 2.24) is 15.1 Å². The summed E-state index contributed by atoms with van der Waals surface area (Å²) in [5.41, 5.74) is 0.881. The molecule has 2 heterocycles. The van der Waals surface area contributed by atoms with E-state index < -0.39 is 12.3 Å². The minimum atomic E-state index is -1.12. The van der Waals surface area contributed by atoms with Crippen molar-refractivity contribution < 1.29 is 28.3 Å². The number of alkyl halides is 1. The number of benzene rings is 1. The maximum absolute atomic E-state index is 13.4. The van der Waals surface area contributed by atoms with E-state index in [0.717, 1.165) is 5.56 Å². The standard InChI is InChI=1S/C23H29F2N3O4/c24-18-3-1-14(2-4-18)20-13-28(12-17(20)11-26-23(31)32)21(29)15-5-7-27(8-6-15)22(30)16-9-19(25)10-16/h1-4,15-17,19-20,26H,5-13H2,(H,31,32)/t16?,17-,19?,20-/m0/s1. The van der Waals surface area contributed by atoms with Gasteiger partial charge in [0.05, 0.1) is 0 Å².